The summed E-state index contributed by atoms with van der Waals surface area (Å²) in [5.41, 5.74) is 2.64. The predicted octanol–water partition coefficient (Wildman–Crippen LogP) is 3.54. The molecule has 0 spiro atoms. The third-order valence-corrected chi connectivity index (χ3v) is 8.14. The van der Waals surface area contributed by atoms with Gasteiger partial charge in [0, 0.05) is 31.6 Å². The largest absolute Gasteiger partial charge is 0.404 e. The highest BCUT2D eigenvalue weighted by molar-refractivity contribution is 7.89. The van der Waals surface area contributed by atoms with Crippen molar-refractivity contribution in [2.75, 3.05) is 32.5 Å². The molecule has 1 amide bonds. The number of aliphatic hydroxyl groups excluding tert-OH is 1. The van der Waals surface area contributed by atoms with Gasteiger partial charge in [-0.1, -0.05) is 49.4 Å². The van der Waals surface area contributed by atoms with Crippen molar-refractivity contribution < 1.29 is 36.2 Å². The lowest BCUT2D eigenvalue weighted by Crippen LogP contribution is -2.48. The summed E-state index contributed by atoms with van der Waals surface area (Å²) in [6, 6.07) is 13.9. The van der Waals surface area contributed by atoms with Crippen molar-refractivity contribution in [1.29, 1.82) is 0 Å². The van der Waals surface area contributed by atoms with Gasteiger partial charge in [-0.2, -0.15) is 13.2 Å². The number of sulfonamides is 1. The molecule has 0 fully saturated rings. The summed E-state index contributed by atoms with van der Waals surface area (Å²) in [7, 11) is -3.54. The molecule has 11 heteroatoms. The van der Waals surface area contributed by atoms with E-state index in [9.17, 15) is 31.5 Å². The second-order valence-corrected chi connectivity index (χ2v) is 11.2. The monoisotopic (exact) mass is 528 g/mol. The number of carbonyl (C=O) groups is 1. The van der Waals surface area contributed by atoms with Crippen LogP contribution in [-0.4, -0.2) is 79.5 Å². The Morgan fingerprint density at radius 2 is 1.69 bits per heavy atom. The normalized spacial score (nSPS) is 20.4. The fourth-order valence-corrected chi connectivity index (χ4v) is 5.24. The van der Waals surface area contributed by atoms with Gasteiger partial charge in [0.05, 0.1) is 25.4 Å². The molecular formula is C25H31F3N2O5S. The minimum absolute atomic E-state index is 0.0659. The van der Waals surface area contributed by atoms with Crippen molar-refractivity contribution in [3.05, 3.63) is 59.7 Å². The fourth-order valence-electron chi connectivity index (χ4n) is 4.24. The van der Waals surface area contributed by atoms with Gasteiger partial charge in [-0.3, -0.25) is 4.79 Å². The van der Waals surface area contributed by atoms with E-state index in [4.69, 9.17) is 4.74 Å². The van der Waals surface area contributed by atoms with Crippen LogP contribution < -0.4 is 0 Å². The molecule has 0 saturated heterocycles. The summed E-state index contributed by atoms with van der Waals surface area (Å²) in [6.45, 7) is 2.97. The Labute approximate surface area is 209 Å². The number of nitrogens with zero attached hydrogens (tertiary/aromatic N) is 2. The molecule has 1 aliphatic rings. The number of ether oxygens (including phenoxy) is 1. The third-order valence-electron chi connectivity index (χ3n) is 6.35. The number of hydrogen-bond donors (Lipinski definition) is 1. The zero-order valence-corrected chi connectivity index (χ0v) is 21.2. The lowest BCUT2D eigenvalue weighted by Gasteiger charge is -2.35. The van der Waals surface area contributed by atoms with Gasteiger partial charge in [-0.25, -0.2) is 12.7 Å². The Bertz CT molecular complexity index is 1170. The summed E-state index contributed by atoms with van der Waals surface area (Å²) >= 11 is 0. The average Bonchev–Trinajstić information content (AvgIpc) is 2.83. The van der Waals surface area contributed by atoms with Crippen LogP contribution in [0.1, 0.15) is 29.8 Å². The van der Waals surface area contributed by atoms with Crippen molar-refractivity contribution in [2.45, 2.75) is 38.8 Å². The summed E-state index contributed by atoms with van der Waals surface area (Å²) in [5, 5.41) is 9.85. The summed E-state index contributed by atoms with van der Waals surface area (Å²) in [4.78, 5) is 15.2. The van der Waals surface area contributed by atoms with Crippen LogP contribution in [-0.2, 0) is 21.4 Å². The first-order chi connectivity index (χ1) is 16.8. The first-order valence-corrected chi connectivity index (χ1v) is 13.2. The zero-order chi connectivity index (χ0) is 26.7. The lowest BCUT2D eigenvalue weighted by molar-refractivity contribution is -0.107. The fraction of sp³-hybridized carbons (Fsp3) is 0.480. The van der Waals surface area contributed by atoms with Gasteiger partial charge in [-0.15, -0.1) is 0 Å². The quantitative estimate of drug-likeness (QED) is 0.620. The number of rotatable bonds is 6. The molecule has 3 atom stereocenters. The van der Waals surface area contributed by atoms with Crippen molar-refractivity contribution in [2.24, 2.45) is 5.92 Å². The predicted molar refractivity (Wildman–Crippen MR) is 130 cm³/mol. The van der Waals surface area contributed by atoms with E-state index < -0.39 is 40.0 Å². The summed E-state index contributed by atoms with van der Waals surface area (Å²) in [5.74, 6) is -2.75. The molecule has 36 heavy (non-hydrogen) atoms. The molecule has 0 bridgehead atoms. The number of aliphatic hydroxyl groups is 1. The molecule has 0 aliphatic carbocycles. The highest BCUT2D eigenvalue weighted by Crippen LogP contribution is 2.31. The van der Waals surface area contributed by atoms with Crippen molar-refractivity contribution in [3.63, 3.8) is 0 Å². The van der Waals surface area contributed by atoms with Crippen LogP contribution in [0.4, 0.5) is 13.2 Å². The topological polar surface area (TPSA) is 87.2 Å². The number of carbonyl (C=O) groups excluding carboxylic acids is 1. The molecular weight excluding hydrogens is 497 g/mol. The highest BCUT2D eigenvalue weighted by Gasteiger charge is 2.39. The molecule has 7 nitrogen and oxygen atoms in total. The highest BCUT2D eigenvalue weighted by atomic mass is 32.2. The van der Waals surface area contributed by atoms with Gasteiger partial charge in [-0.05, 0) is 29.7 Å². The zero-order valence-electron chi connectivity index (χ0n) is 20.4. The molecule has 2 aromatic rings. The number of halogens is 3. The molecule has 0 radical (unpaired) electrons. The molecule has 0 aromatic heterocycles. The standard InChI is InChI=1S/C25H31F3N2O5S/c1-17-12-30(18(2)14-31)24(32)22-11-7-6-10-21(22)20-9-5-4-8-19(20)15-35-23(17)13-29(3)36(33,34)16-25(26,27)28/h4-11,17-18,23,31H,12-16H2,1-3H3/t17-,18+,23-/m1/s1. The SMILES string of the molecule is C[C@@H]1CN([C@@H](C)CO)C(=O)c2ccccc2-c2ccccc2CO[C@@H]1CN(C)S(=O)(=O)CC(F)(F)F. The molecule has 198 valence electrons. The van der Waals surface area contributed by atoms with E-state index in [1.54, 1.807) is 26.0 Å². The van der Waals surface area contributed by atoms with Crippen LogP contribution in [0.3, 0.4) is 0 Å². The third kappa shape index (κ3) is 6.64. The Morgan fingerprint density at radius 1 is 1.11 bits per heavy atom. The molecule has 1 aliphatic heterocycles. The van der Waals surface area contributed by atoms with E-state index in [-0.39, 0.29) is 32.2 Å². The van der Waals surface area contributed by atoms with E-state index in [2.05, 4.69) is 0 Å². The van der Waals surface area contributed by atoms with Crippen LogP contribution in [0, 0.1) is 5.92 Å². The number of hydrogen-bond acceptors (Lipinski definition) is 5. The minimum atomic E-state index is -4.88. The molecule has 1 N–H and O–H groups in total. The lowest BCUT2D eigenvalue weighted by atomic mass is 9.94. The van der Waals surface area contributed by atoms with Gasteiger partial charge < -0.3 is 14.7 Å². The maximum absolute atomic E-state index is 13.7. The first-order valence-electron chi connectivity index (χ1n) is 11.6. The molecule has 0 unspecified atom stereocenters. The van der Waals surface area contributed by atoms with Crippen molar-refractivity contribution in [3.8, 4) is 11.1 Å². The Hall–Kier alpha value is -2.47. The average molecular weight is 529 g/mol. The Balaban J connectivity index is 2.04. The summed E-state index contributed by atoms with van der Waals surface area (Å²) in [6.07, 6.45) is -5.70. The smallest absolute Gasteiger partial charge is 0.394 e. The molecule has 0 saturated carbocycles. The van der Waals surface area contributed by atoms with E-state index >= 15 is 0 Å². The van der Waals surface area contributed by atoms with Gasteiger partial charge in [0.1, 0.15) is 0 Å². The number of alkyl halides is 3. The maximum Gasteiger partial charge on any atom is 0.404 e. The number of benzene rings is 2. The second-order valence-electron chi connectivity index (χ2n) is 9.17. The molecule has 2 aromatic carbocycles. The minimum Gasteiger partial charge on any atom is -0.394 e. The van der Waals surface area contributed by atoms with Crippen LogP contribution in [0.15, 0.2) is 48.5 Å². The van der Waals surface area contributed by atoms with E-state index in [1.807, 2.05) is 36.4 Å². The first kappa shape index (κ1) is 28.1. The Morgan fingerprint density at radius 3 is 2.31 bits per heavy atom. The number of amides is 1. The van der Waals surface area contributed by atoms with Gasteiger partial charge in [0.15, 0.2) is 5.75 Å². The van der Waals surface area contributed by atoms with E-state index in [0.717, 1.165) is 18.2 Å². The Kier molecular flexibility index (Phi) is 8.81. The van der Waals surface area contributed by atoms with Crippen molar-refractivity contribution in [1.82, 2.24) is 9.21 Å². The van der Waals surface area contributed by atoms with E-state index in [0.29, 0.717) is 15.4 Å². The van der Waals surface area contributed by atoms with Crippen LogP contribution in [0.2, 0.25) is 0 Å². The molecule has 1 heterocycles. The van der Waals surface area contributed by atoms with E-state index in [1.165, 1.54) is 4.90 Å². The van der Waals surface area contributed by atoms with Crippen LogP contribution in [0.5, 0.6) is 0 Å². The van der Waals surface area contributed by atoms with Crippen molar-refractivity contribution >= 4 is 15.9 Å². The van der Waals surface area contributed by atoms with Crippen LogP contribution in [0.25, 0.3) is 11.1 Å². The number of fused-ring (bicyclic) bond motifs is 3. The summed E-state index contributed by atoms with van der Waals surface area (Å²) < 4.78 is 70.0. The second kappa shape index (κ2) is 11.3. The van der Waals surface area contributed by atoms with Crippen LogP contribution >= 0.6 is 0 Å². The number of likely N-dealkylation sites (N-methyl/N-ethyl adjacent to an activating group) is 1. The van der Waals surface area contributed by atoms with Gasteiger partial charge >= 0.3 is 6.18 Å². The molecule has 3 rings (SSSR count). The van der Waals surface area contributed by atoms with Gasteiger partial charge in [0.2, 0.25) is 10.0 Å². The maximum atomic E-state index is 13.7. The van der Waals surface area contributed by atoms with Gasteiger partial charge in [0.25, 0.3) is 5.91 Å².